The number of nitrogens with zero attached hydrogens (tertiary/aromatic N) is 3. The molecule has 3 aromatic rings. The first-order valence-corrected chi connectivity index (χ1v) is 11.4. The summed E-state index contributed by atoms with van der Waals surface area (Å²) in [7, 11) is 0. The molecule has 6 nitrogen and oxygen atoms in total. The molecule has 2 aromatic carbocycles. The van der Waals surface area contributed by atoms with Gasteiger partial charge in [0.15, 0.2) is 5.16 Å². The SMILES string of the molecule is O=C(NCc1ccccc1CN1CCCCC1)c1ccc(CSc2ncn[nH]2)cc1. The molecule has 30 heavy (non-hydrogen) atoms. The molecule has 1 aromatic heterocycles. The largest absolute Gasteiger partial charge is 0.348 e. The summed E-state index contributed by atoms with van der Waals surface area (Å²) in [6.45, 7) is 3.85. The van der Waals surface area contributed by atoms with Crippen molar-refractivity contribution < 1.29 is 4.79 Å². The minimum atomic E-state index is -0.0442. The van der Waals surface area contributed by atoms with Crippen LogP contribution in [0.15, 0.2) is 60.0 Å². The molecular formula is C23H27N5OS. The second-order valence-corrected chi connectivity index (χ2v) is 8.53. The van der Waals surface area contributed by atoms with Crippen LogP contribution >= 0.6 is 11.8 Å². The molecular weight excluding hydrogens is 394 g/mol. The number of aromatic nitrogens is 3. The Balaban J connectivity index is 1.31. The Morgan fingerprint density at radius 1 is 1.03 bits per heavy atom. The van der Waals surface area contributed by atoms with E-state index in [0.29, 0.717) is 12.1 Å². The maximum Gasteiger partial charge on any atom is 0.251 e. The number of nitrogens with one attached hydrogen (secondary N) is 2. The number of hydrogen-bond donors (Lipinski definition) is 2. The van der Waals surface area contributed by atoms with Gasteiger partial charge in [0.1, 0.15) is 6.33 Å². The normalized spacial score (nSPS) is 14.5. The van der Waals surface area contributed by atoms with E-state index in [0.717, 1.165) is 23.0 Å². The predicted molar refractivity (Wildman–Crippen MR) is 119 cm³/mol. The molecule has 7 heteroatoms. The number of likely N-dealkylation sites (tertiary alicyclic amines) is 1. The molecule has 0 radical (unpaired) electrons. The molecule has 0 unspecified atom stereocenters. The van der Waals surface area contributed by atoms with Gasteiger partial charge in [-0.25, -0.2) is 4.98 Å². The molecule has 156 valence electrons. The quantitative estimate of drug-likeness (QED) is 0.538. The Labute approximate surface area is 181 Å². The predicted octanol–water partition coefficient (Wildman–Crippen LogP) is 4.01. The van der Waals surface area contributed by atoms with Crippen molar-refractivity contribution in [2.45, 2.75) is 43.3 Å². The van der Waals surface area contributed by atoms with Gasteiger partial charge in [-0.2, -0.15) is 5.10 Å². The van der Waals surface area contributed by atoms with Gasteiger partial charge in [0.25, 0.3) is 5.91 Å². The zero-order valence-electron chi connectivity index (χ0n) is 17.0. The number of benzene rings is 2. The fourth-order valence-corrected chi connectivity index (χ4v) is 4.42. The lowest BCUT2D eigenvalue weighted by Gasteiger charge is -2.27. The van der Waals surface area contributed by atoms with E-state index in [1.54, 1.807) is 11.8 Å². The minimum absolute atomic E-state index is 0.0442. The molecule has 2 heterocycles. The summed E-state index contributed by atoms with van der Waals surface area (Å²) in [5, 5.41) is 10.6. The number of rotatable bonds is 8. The van der Waals surface area contributed by atoms with Crippen LogP contribution in [0.1, 0.15) is 46.3 Å². The molecule has 0 bridgehead atoms. The van der Waals surface area contributed by atoms with Crippen molar-refractivity contribution in [1.29, 1.82) is 0 Å². The van der Waals surface area contributed by atoms with Gasteiger partial charge in [0, 0.05) is 24.4 Å². The van der Waals surface area contributed by atoms with Gasteiger partial charge in [0.05, 0.1) is 0 Å². The third-order valence-corrected chi connectivity index (χ3v) is 6.33. The van der Waals surface area contributed by atoms with Gasteiger partial charge in [0.2, 0.25) is 0 Å². The molecule has 0 atom stereocenters. The maximum absolute atomic E-state index is 12.6. The van der Waals surface area contributed by atoms with E-state index in [9.17, 15) is 4.79 Å². The average Bonchev–Trinajstić information content (AvgIpc) is 3.32. The molecule has 0 spiro atoms. The van der Waals surface area contributed by atoms with Crippen molar-refractivity contribution in [2.75, 3.05) is 13.1 Å². The van der Waals surface area contributed by atoms with Crippen LogP contribution in [0.3, 0.4) is 0 Å². The Morgan fingerprint density at radius 2 is 1.80 bits per heavy atom. The monoisotopic (exact) mass is 421 g/mol. The minimum Gasteiger partial charge on any atom is -0.348 e. The van der Waals surface area contributed by atoms with Crippen molar-refractivity contribution in [3.63, 3.8) is 0 Å². The Morgan fingerprint density at radius 3 is 2.53 bits per heavy atom. The molecule has 4 rings (SSSR count). The first-order valence-electron chi connectivity index (χ1n) is 10.4. The Bertz CT molecular complexity index is 936. The number of carbonyl (C=O) groups is 1. The van der Waals surface area contributed by atoms with E-state index in [-0.39, 0.29) is 5.91 Å². The molecule has 1 fully saturated rings. The summed E-state index contributed by atoms with van der Waals surface area (Å²) in [5.41, 5.74) is 4.31. The molecule has 1 aliphatic heterocycles. The summed E-state index contributed by atoms with van der Waals surface area (Å²) in [6, 6.07) is 16.2. The Hall–Kier alpha value is -2.64. The van der Waals surface area contributed by atoms with E-state index in [2.05, 4.69) is 43.6 Å². The van der Waals surface area contributed by atoms with Crippen LogP contribution in [0.4, 0.5) is 0 Å². The standard InChI is InChI=1S/C23H27N5OS/c29-22(19-10-8-18(9-11-19)16-30-23-25-17-26-27-23)24-14-20-6-2-3-7-21(20)15-28-12-4-1-5-13-28/h2-3,6-11,17H,1,4-5,12-16H2,(H,24,29)(H,25,26,27). The first-order chi connectivity index (χ1) is 14.8. The highest BCUT2D eigenvalue weighted by molar-refractivity contribution is 7.98. The molecule has 1 aliphatic rings. The summed E-state index contributed by atoms with van der Waals surface area (Å²) < 4.78 is 0. The van der Waals surface area contributed by atoms with Crippen LogP contribution in [0.5, 0.6) is 0 Å². The summed E-state index contributed by atoms with van der Waals surface area (Å²) >= 11 is 1.58. The fraction of sp³-hybridized carbons (Fsp3) is 0.348. The highest BCUT2D eigenvalue weighted by atomic mass is 32.2. The third kappa shape index (κ3) is 5.70. The van der Waals surface area contributed by atoms with Crippen molar-refractivity contribution in [3.8, 4) is 0 Å². The molecule has 0 saturated carbocycles. The number of amides is 1. The number of H-pyrrole nitrogens is 1. The van der Waals surface area contributed by atoms with E-state index in [1.165, 1.54) is 49.8 Å². The second kappa shape index (κ2) is 10.4. The number of thioether (sulfide) groups is 1. The summed E-state index contributed by atoms with van der Waals surface area (Å²) in [4.78, 5) is 19.2. The van der Waals surface area contributed by atoms with Crippen LogP contribution in [0.2, 0.25) is 0 Å². The highest BCUT2D eigenvalue weighted by Crippen LogP contribution is 2.19. The molecule has 2 N–H and O–H groups in total. The maximum atomic E-state index is 12.6. The van der Waals surface area contributed by atoms with Gasteiger partial charge in [-0.1, -0.05) is 54.6 Å². The van der Waals surface area contributed by atoms with Crippen LogP contribution in [0.25, 0.3) is 0 Å². The topological polar surface area (TPSA) is 73.9 Å². The van der Waals surface area contributed by atoms with E-state index in [4.69, 9.17) is 0 Å². The zero-order valence-corrected chi connectivity index (χ0v) is 17.8. The van der Waals surface area contributed by atoms with Crippen LogP contribution < -0.4 is 5.32 Å². The lowest BCUT2D eigenvalue weighted by Crippen LogP contribution is -2.30. The molecule has 1 amide bonds. The number of aromatic amines is 1. The van der Waals surface area contributed by atoms with E-state index < -0.39 is 0 Å². The van der Waals surface area contributed by atoms with Gasteiger partial charge in [-0.05, 0) is 54.8 Å². The summed E-state index contributed by atoms with van der Waals surface area (Å²) in [6.07, 6.45) is 5.41. The van der Waals surface area contributed by atoms with Crippen molar-refractivity contribution in [2.24, 2.45) is 0 Å². The summed E-state index contributed by atoms with van der Waals surface area (Å²) in [5.74, 6) is 0.734. The highest BCUT2D eigenvalue weighted by Gasteiger charge is 2.13. The van der Waals surface area contributed by atoms with Gasteiger partial charge in [-0.15, -0.1) is 0 Å². The van der Waals surface area contributed by atoms with E-state index >= 15 is 0 Å². The first kappa shape index (κ1) is 20.6. The molecule has 1 saturated heterocycles. The Kier molecular flexibility index (Phi) is 7.16. The van der Waals surface area contributed by atoms with Crippen molar-refractivity contribution >= 4 is 17.7 Å². The third-order valence-electron chi connectivity index (χ3n) is 5.39. The lowest BCUT2D eigenvalue weighted by molar-refractivity contribution is 0.0950. The smallest absolute Gasteiger partial charge is 0.251 e. The van der Waals surface area contributed by atoms with Crippen molar-refractivity contribution in [3.05, 3.63) is 77.1 Å². The van der Waals surface area contributed by atoms with Crippen molar-refractivity contribution in [1.82, 2.24) is 25.4 Å². The van der Waals surface area contributed by atoms with E-state index in [1.807, 2.05) is 30.3 Å². The second-order valence-electron chi connectivity index (χ2n) is 7.56. The van der Waals surface area contributed by atoms with Crippen LogP contribution in [-0.4, -0.2) is 39.1 Å². The average molecular weight is 422 g/mol. The van der Waals surface area contributed by atoms with Crippen LogP contribution in [0, 0.1) is 0 Å². The lowest BCUT2D eigenvalue weighted by atomic mass is 10.0. The number of carbonyl (C=O) groups excluding carboxylic acids is 1. The zero-order chi connectivity index (χ0) is 20.6. The molecule has 0 aliphatic carbocycles. The van der Waals surface area contributed by atoms with Gasteiger partial charge < -0.3 is 5.32 Å². The fourth-order valence-electron chi connectivity index (χ4n) is 3.69. The number of piperidine rings is 1. The van der Waals surface area contributed by atoms with Gasteiger partial charge in [-0.3, -0.25) is 14.8 Å². The van der Waals surface area contributed by atoms with Gasteiger partial charge >= 0.3 is 0 Å². The number of hydrogen-bond acceptors (Lipinski definition) is 5. The van der Waals surface area contributed by atoms with Crippen LogP contribution in [-0.2, 0) is 18.8 Å².